The summed E-state index contributed by atoms with van der Waals surface area (Å²) in [6.07, 6.45) is 1.55. The van der Waals surface area contributed by atoms with Gasteiger partial charge in [0.25, 0.3) is 17.1 Å². The van der Waals surface area contributed by atoms with Crippen LogP contribution in [-0.4, -0.2) is 35.2 Å². The Hall–Kier alpha value is -2.80. The molecule has 3 aromatic rings. The maximum absolute atomic E-state index is 14.2. The topological polar surface area (TPSA) is 84.9 Å². The number of thioether (sulfide) groups is 1. The first-order valence-corrected chi connectivity index (χ1v) is 14.6. The fraction of sp³-hybridized carbons (Fsp3) is 0.179. The van der Waals surface area contributed by atoms with Crippen LogP contribution in [0.15, 0.2) is 53.4 Å². The molecule has 0 unspecified atom stereocenters. The molecule has 0 aromatic heterocycles. The zero-order valence-corrected chi connectivity index (χ0v) is 25.7. The summed E-state index contributed by atoms with van der Waals surface area (Å²) in [7, 11) is 0. The third-order valence-corrected chi connectivity index (χ3v) is 8.15. The Morgan fingerprint density at radius 1 is 1.12 bits per heavy atom. The zero-order chi connectivity index (χ0) is 29.0. The van der Waals surface area contributed by atoms with Crippen LogP contribution in [0.4, 0.5) is 14.9 Å². The van der Waals surface area contributed by atoms with E-state index in [0.717, 1.165) is 22.2 Å². The van der Waals surface area contributed by atoms with Crippen molar-refractivity contribution in [3.05, 3.63) is 89.6 Å². The molecular formula is C28H22Cl2FIN2O5S. The molecule has 4 rings (SSSR count). The van der Waals surface area contributed by atoms with Crippen molar-refractivity contribution in [3.8, 4) is 11.5 Å². The third-order valence-electron chi connectivity index (χ3n) is 5.68. The summed E-state index contributed by atoms with van der Waals surface area (Å²) in [5.41, 5.74) is 2.09. The molecule has 0 aliphatic carbocycles. The van der Waals surface area contributed by atoms with Crippen LogP contribution in [0.5, 0.6) is 11.5 Å². The first kappa shape index (κ1) is 30.2. The molecule has 208 valence electrons. The highest BCUT2D eigenvalue weighted by atomic mass is 127. The molecule has 1 heterocycles. The van der Waals surface area contributed by atoms with Gasteiger partial charge in [-0.15, -0.1) is 0 Å². The Labute approximate surface area is 258 Å². The number of hydrogen-bond donors (Lipinski definition) is 1. The van der Waals surface area contributed by atoms with Crippen LogP contribution in [0, 0.1) is 16.3 Å². The molecule has 3 amide bonds. The number of nitrogens with one attached hydrogen (secondary N) is 1. The van der Waals surface area contributed by atoms with Gasteiger partial charge in [-0.1, -0.05) is 35.3 Å². The second-order valence-corrected chi connectivity index (χ2v) is 11.5. The van der Waals surface area contributed by atoms with E-state index in [4.69, 9.17) is 32.7 Å². The summed E-state index contributed by atoms with van der Waals surface area (Å²) in [6, 6.07) is 12.8. The molecule has 0 radical (unpaired) electrons. The van der Waals surface area contributed by atoms with E-state index in [-0.39, 0.29) is 34.6 Å². The van der Waals surface area contributed by atoms with Crippen molar-refractivity contribution in [2.45, 2.75) is 20.4 Å². The highest BCUT2D eigenvalue weighted by Gasteiger charge is 2.36. The van der Waals surface area contributed by atoms with E-state index in [2.05, 4.69) is 5.32 Å². The largest absolute Gasteiger partial charge is 0.490 e. The number of rotatable bonds is 9. The van der Waals surface area contributed by atoms with Gasteiger partial charge in [-0.25, -0.2) is 4.39 Å². The number of carbonyl (C=O) groups is 3. The molecule has 0 atom stereocenters. The van der Waals surface area contributed by atoms with Crippen molar-refractivity contribution < 1.29 is 28.2 Å². The Morgan fingerprint density at radius 3 is 2.60 bits per heavy atom. The Balaban J connectivity index is 1.50. The lowest BCUT2D eigenvalue weighted by molar-refractivity contribution is -0.123. The lowest BCUT2D eigenvalue weighted by atomic mass is 10.1. The summed E-state index contributed by atoms with van der Waals surface area (Å²) in [6.45, 7) is 3.43. The molecule has 0 spiro atoms. The van der Waals surface area contributed by atoms with E-state index in [1.807, 2.05) is 29.5 Å². The van der Waals surface area contributed by atoms with E-state index in [1.54, 1.807) is 43.3 Å². The van der Waals surface area contributed by atoms with Crippen LogP contribution in [0.1, 0.15) is 23.6 Å². The second-order valence-electron chi connectivity index (χ2n) is 8.53. The number of halogens is 4. The van der Waals surface area contributed by atoms with Gasteiger partial charge in [-0.3, -0.25) is 19.3 Å². The number of imide groups is 1. The molecule has 1 aliphatic heterocycles. The van der Waals surface area contributed by atoms with Crippen molar-refractivity contribution in [1.82, 2.24) is 4.90 Å². The molecule has 0 saturated carbocycles. The van der Waals surface area contributed by atoms with Gasteiger partial charge in [0.2, 0.25) is 0 Å². The maximum Gasteiger partial charge on any atom is 0.293 e. The second kappa shape index (κ2) is 13.2. The van der Waals surface area contributed by atoms with Crippen LogP contribution < -0.4 is 14.8 Å². The molecule has 3 aromatic carbocycles. The number of benzene rings is 3. The van der Waals surface area contributed by atoms with Gasteiger partial charge in [-0.05, 0) is 102 Å². The van der Waals surface area contributed by atoms with Crippen LogP contribution in [0.25, 0.3) is 6.08 Å². The van der Waals surface area contributed by atoms with Crippen molar-refractivity contribution in [2.24, 2.45) is 0 Å². The molecule has 7 nitrogen and oxygen atoms in total. The lowest BCUT2D eigenvalue weighted by Gasteiger charge is -2.15. The van der Waals surface area contributed by atoms with Crippen molar-refractivity contribution >= 4 is 86.4 Å². The summed E-state index contributed by atoms with van der Waals surface area (Å²) in [5.74, 6) is -0.817. The molecule has 1 saturated heterocycles. The summed E-state index contributed by atoms with van der Waals surface area (Å²) < 4.78 is 26.4. The molecule has 12 heteroatoms. The Bertz CT molecular complexity index is 1510. The van der Waals surface area contributed by atoms with Crippen LogP contribution in [0.3, 0.4) is 0 Å². The molecule has 0 bridgehead atoms. The average molecular weight is 715 g/mol. The summed E-state index contributed by atoms with van der Waals surface area (Å²) in [4.78, 5) is 39.2. The maximum atomic E-state index is 14.2. The highest BCUT2D eigenvalue weighted by Crippen LogP contribution is 2.38. The number of ether oxygens (including phenoxy) is 2. The summed E-state index contributed by atoms with van der Waals surface area (Å²) >= 11 is 15.0. The molecule has 1 N–H and O–H groups in total. The minimum atomic E-state index is -0.599. The molecule has 1 aliphatic rings. The van der Waals surface area contributed by atoms with Crippen molar-refractivity contribution in [2.75, 3.05) is 18.5 Å². The summed E-state index contributed by atoms with van der Waals surface area (Å²) in [5, 5.41) is 2.88. The van der Waals surface area contributed by atoms with E-state index >= 15 is 0 Å². The van der Waals surface area contributed by atoms with E-state index in [9.17, 15) is 18.8 Å². The van der Waals surface area contributed by atoms with Gasteiger partial charge in [-0.2, -0.15) is 0 Å². The Morgan fingerprint density at radius 2 is 1.90 bits per heavy atom. The number of carbonyl (C=O) groups excluding carboxylic acids is 3. The van der Waals surface area contributed by atoms with Gasteiger partial charge < -0.3 is 14.8 Å². The highest BCUT2D eigenvalue weighted by molar-refractivity contribution is 14.1. The normalized spacial score (nSPS) is 14.2. The predicted octanol–water partition coefficient (Wildman–Crippen LogP) is 7.70. The lowest BCUT2D eigenvalue weighted by Crippen LogP contribution is -2.28. The van der Waals surface area contributed by atoms with E-state index < -0.39 is 17.0 Å². The van der Waals surface area contributed by atoms with E-state index in [1.165, 1.54) is 18.2 Å². The minimum Gasteiger partial charge on any atom is -0.490 e. The molecule has 40 heavy (non-hydrogen) atoms. The van der Waals surface area contributed by atoms with Gasteiger partial charge >= 0.3 is 0 Å². The number of anilines is 1. The first-order valence-electron chi connectivity index (χ1n) is 11.9. The smallest absolute Gasteiger partial charge is 0.293 e. The van der Waals surface area contributed by atoms with E-state index in [0.29, 0.717) is 37.9 Å². The average Bonchev–Trinajstić information content (AvgIpc) is 3.15. The number of amides is 3. The standard InChI is InChI=1S/C28H22Cl2FIN2O5S/c1-3-38-23-10-16(9-22(32)26(23)39-14-25(35)33-17-8-7-15(2)20(30)12-17)11-24-27(36)34(28(37)40-24)13-18-19(29)5-4-6-21(18)31/h4-12H,3,13-14H2,1-2H3,(H,33,35)/b24-11-. The fourth-order valence-electron chi connectivity index (χ4n) is 3.71. The van der Waals surface area contributed by atoms with Gasteiger partial charge in [0, 0.05) is 21.3 Å². The van der Waals surface area contributed by atoms with Crippen LogP contribution >= 0.6 is 57.6 Å². The minimum absolute atomic E-state index is 0.0666. The quantitative estimate of drug-likeness (QED) is 0.181. The number of nitrogens with zero attached hydrogens (tertiary/aromatic N) is 1. The SMILES string of the molecule is CCOc1cc(/C=C2\SC(=O)N(Cc3c(F)cccc3Cl)C2=O)cc(I)c1OCC(=O)Nc1ccc(C)c(Cl)c1. The third kappa shape index (κ3) is 7.09. The molecular weight excluding hydrogens is 693 g/mol. The van der Waals surface area contributed by atoms with Crippen molar-refractivity contribution in [1.29, 1.82) is 0 Å². The van der Waals surface area contributed by atoms with Crippen LogP contribution in [-0.2, 0) is 16.1 Å². The monoisotopic (exact) mass is 714 g/mol. The zero-order valence-electron chi connectivity index (χ0n) is 21.2. The molecule has 1 fully saturated rings. The number of aryl methyl sites for hydroxylation is 1. The number of hydrogen-bond acceptors (Lipinski definition) is 6. The van der Waals surface area contributed by atoms with Crippen molar-refractivity contribution in [3.63, 3.8) is 0 Å². The predicted molar refractivity (Wildman–Crippen MR) is 164 cm³/mol. The fourth-order valence-corrected chi connectivity index (χ4v) is 5.73. The Kier molecular flexibility index (Phi) is 9.99. The van der Waals surface area contributed by atoms with Gasteiger partial charge in [0.1, 0.15) is 5.82 Å². The van der Waals surface area contributed by atoms with Crippen LogP contribution in [0.2, 0.25) is 10.0 Å². The van der Waals surface area contributed by atoms with Gasteiger partial charge in [0.15, 0.2) is 18.1 Å². The van der Waals surface area contributed by atoms with Gasteiger partial charge in [0.05, 0.1) is 21.6 Å². The first-order chi connectivity index (χ1) is 19.1.